The maximum absolute atomic E-state index is 6.33. The summed E-state index contributed by atoms with van der Waals surface area (Å²) in [5.74, 6) is 1.77. The Morgan fingerprint density at radius 2 is 2.11 bits per heavy atom. The second-order valence-corrected chi connectivity index (χ2v) is 9.78. The van der Waals surface area contributed by atoms with Crippen LogP contribution >= 0.6 is 11.6 Å². The molecule has 0 radical (unpaired) electrons. The van der Waals surface area contributed by atoms with E-state index in [-0.39, 0.29) is 11.1 Å². The molecule has 27 heavy (non-hydrogen) atoms. The summed E-state index contributed by atoms with van der Waals surface area (Å²) in [6, 6.07) is 8.95. The molecule has 2 fully saturated rings. The Morgan fingerprint density at radius 3 is 2.89 bits per heavy atom. The molecule has 1 aliphatic carbocycles. The van der Waals surface area contributed by atoms with Crippen molar-refractivity contribution >= 4 is 17.7 Å². The standard InChI is InChI=1S/C23H33ClN2O/c1-22(2,3)27-26-15-19-10-7-13-25-23(19,16-26)21-18(9-6-12-24)14-17-8-4-5-11-20(17)21/h4-5,8,11,14,19,21,25H,6-7,9-10,12-13,15-16H2,1-3H3. The van der Waals surface area contributed by atoms with E-state index < -0.39 is 0 Å². The van der Waals surface area contributed by atoms with Crippen molar-refractivity contribution in [1.29, 1.82) is 0 Å². The summed E-state index contributed by atoms with van der Waals surface area (Å²) in [6.45, 7) is 9.50. The predicted molar refractivity (Wildman–Crippen MR) is 113 cm³/mol. The van der Waals surface area contributed by atoms with Gasteiger partial charge in [-0.25, -0.2) is 0 Å². The molecule has 0 bridgehead atoms. The van der Waals surface area contributed by atoms with E-state index in [2.05, 4.69) is 61.5 Å². The van der Waals surface area contributed by atoms with Crippen LogP contribution in [0.2, 0.25) is 0 Å². The zero-order valence-corrected chi connectivity index (χ0v) is 17.7. The summed E-state index contributed by atoms with van der Waals surface area (Å²) in [7, 11) is 0. The number of nitrogens with one attached hydrogen (secondary N) is 1. The molecule has 148 valence electrons. The van der Waals surface area contributed by atoms with Crippen LogP contribution < -0.4 is 5.32 Å². The highest BCUT2D eigenvalue weighted by Gasteiger charge is 2.55. The highest BCUT2D eigenvalue weighted by molar-refractivity contribution is 6.17. The average molecular weight is 389 g/mol. The van der Waals surface area contributed by atoms with Gasteiger partial charge in [0.25, 0.3) is 0 Å². The lowest BCUT2D eigenvalue weighted by atomic mass is 9.67. The Bertz CT molecular complexity index is 711. The van der Waals surface area contributed by atoms with E-state index in [1.807, 2.05) is 0 Å². The number of fused-ring (bicyclic) bond motifs is 2. The van der Waals surface area contributed by atoms with Gasteiger partial charge in [-0.2, -0.15) is 5.06 Å². The van der Waals surface area contributed by atoms with Gasteiger partial charge in [0.1, 0.15) is 0 Å². The minimum Gasteiger partial charge on any atom is -0.309 e. The Morgan fingerprint density at radius 1 is 1.30 bits per heavy atom. The normalized spacial score (nSPS) is 30.9. The van der Waals surface area contributed by atoms with Gasteiger partial charge in [-0.05, 0) is 70.0 Å². The van der Waals surface area contributed by atoms with Gasteiger partial charge in [0.05, 0.1) is 5.60 Å². The van der Waals surface area contributed by atoms with Gasteiger partial charge in [0.2, 0.25) is 0 Å². The van der Waals surface area contributed by atoms with E-state index in [4.69, 9.17) is 16.4 Å². The Hall–Kier alpha value is -0.870. The van der Waals surface area contributed by atoms with Gasteiger partial charge in [0, 0.05) is 30.4 Å². The number of hydrogen-bond donors (Lipinski definition) is 1. The quantitative estimate of drug-likeness (QED) is 0.720. The predicted octanol–water partition coefficient (Wildman–Crippen LogP) is 4.97. The molecule has 3 aliphatic rings. The molecule has 4 rings (SSSR count). The molecule has 2 heterocycles. The summed E-state index contributed by atoms with van der Waals surface area (Å²) < 4.78 is 0. The maximum atomic E-state index is 6.33. The molecule has 4 heteroatoms. The van der Waals surface area contributed by atoms with Crippen molar-refractivity contribution in [2.24, 2.45) is 5.92 Å². The highest BCUT2D eigenvalue weighted by atomic mass is 35.5. The molecular formula is C23H33ClN2O. The monoisotopic (exact) mass is 388 g/mol. The first-order valence-electron chi connectivity index (χ1n) is 10.5. The summed E-state index contributed by atoms with van der Waals surface area (Å²) in [5.41, 5.74) is 4.34. The number of piperidine rings is 1. The molecule has 0 aromatic heterocycles. The summed E-state index contributed by atoms with van der Waals surface area (Å²) in [5, 5.41) is 6.24. The molecule has 1 aromatic rings. The smallest absolute Gasteiger partial charge is 0.0815 e. The Kier molecular flexibility index (Phi) is 5.41. The van der Waals surface area contributed by atoms with Crippen LogP contribution in [-0.4, -0.2) is 41.7 Å². The maximum Gasteiger partial charge on any atom is 0.0815 e. The number of benzene rings is 1. The molecule has 0 saturated carbocycles. The summed E-state index contributed by atoms with van der Waals surface area (Å²) in [4.78, 5) is 6.33. The molecule has 1 N–H and O–H groups in total. The minimum atomic E-state index is -0.153. The van der Waals surface area contributed by atoms with Crippen molar-refractivity contribution in [1.82, 2.24) is 10.4 Å². The van der Waals surface area contributed by atoms with Crippen molar-refractivity contribution in [3.05, 3.63) is 41.0 Å². The number of nitrogens with zero attached hydrogens (tertiary/aromatic N) is 1. The molecule has 0 amide bonds. The summed E-state index contributed by atoms with van der Waals surface area (Å²) >= 11 is 6.06. The average Bonchev–Trinajstić information content (AvgIpc) is 3.16. The van der Waals surface area contributed by atoms with Gasteiger partial charge in [0.15, 0.2) is 0 Å². The molecule has 2 saturated heterocycles. The number of hydrogen-bond acceptors (Lipinski definition) is 3. The SMILES string of the molecule is CC(C)(C)ON1CC2CCCNC2(C2C(CCCCl)=Cc3ccccc32)C1. The van der Waals surface area contributed by atoms with Gasteiger partial charge in [-0.3, -0.25) is 4.84 Å². The lowest BCUT2D eigenvalue weighted by molar-refractivity contribution is -0.220. The molecule has 2 aliphatic heterocycles. The molecule has 3 unspecified atom stereocenters. The van der Waals surface area contributed by atoms with Crippen molar-refractivity contribution in [2.75, 3.05) is 25.5 Å². The first-order chi connectivity index (χ1) is 12.9. The summed E-state index contributed by atoms with van der Waals surface area (Å²) in [6.07, 6.45) is 7.09. The van der Waals surface area contributed by atoms with E-state index in [0.29, 0.717) is 11.8 Å². The van der Waals surface area contributed by atoms with Crippen LogP contribution in [0.15, 0.2) is 29.8 Å². The highest BCUT2D eigenvalue weighted by Crippen LogP contribution is 2.52. The third-order valence-corrected chi connectivity index (χ3v) is 6.58. The fourth-order valence-electron chi connectivity index (χ4n) is 5.48. The van der Waals surface area contributed by atoms with Gasteiger partial charge < -0.3 is 5.32 Å². The first-order valence-corrected chi connectivity index (χ1v) is 11.0. The minimum absolute atomic E-state index is 0.0637. The number of alkyl halides is 1. The Labute approximate surface area is 169 Å². The number of hydroxylamine groups is 2. The van der Waals surface area contributed by atoms with Gasteiger partial charge >= 0.3 is 0 Å². The van der Waals surface area contributed by atoms with Crippen LogP contribution in [-0.2, 0) is 4.84 Å². The first kappa shape index (κ1) is 19.4. The molecular weight excluding hydrogens is 356 g/mol. The van der Waals surface area contributed by atoms with Crippen molar-refractivity contribution < 1.29 is 4.84 Å². The van der Waals surface area contributed by atoms with Crippen LogP contribution in [0.3, 0.4) is 0 Å². The van der Waals surface area contributed by atoms with E-state index in [1.54, 1.807) is 5.57 Å². The number of rotatable bonds is 5. The van der Waals surface area contributed by atoms with Crippen LogP contribution in [0.5, 0.6) is 0 Å². The molecule has 3 nitrogen and oxygen atoms in total. The van der Waals surface area contributed by atoms with E-state index in [9.17, 15) is 0 Å². The second-order valence-electron chi connectivity index (χ2n) is 9.41. The number of halogens is 1. The fraction of sp³-hybridized carbons (Fsp3) is 0.652. The van der Waals surface area contributed by atoms with Crippen molar-refractivity contribution in [2.45, 2.75) is 63.5 Å². The van der Waals surface area contributed by atoms with Crippen LogP contribution in [0, 0.1) is 5.92 Å². The second kappa shape index (κ2) is 7.51. The van der Waals surface area contributed by atoms with E-state index in [0.717, 1.165) is 38.4 Å². The van der Waals surface area contributed by atoms with Crippen LogP contribution in [0.25, 0.3) is 6.08 Å². The van der Waals surface area contributed by atoms with Crippen molar-refractivity contribution in [3.8, 4) is 0 Å². The Balaban J connectivity index is 1.70. The largest absolute Gasteiger partial charge is 0.309 e. The fourth-order valence-corrected chi connectivity index (χ4v) is 5.62. The lowest BCUT2D eigenvalue weighted by Crippen LogP contribution is -2.59. The topological polar surface area (TPSA) is 24.5 Å². The molecule has 3 atom stereocenters. The van der Waals surface area contributed by atoms with Crippen LogP contribution in [0.1, 0.15) is 63.5 Å². The molecule has 1 aromatic carbocycles. The van der Waals surface area contributed by atoms with Gasteiger partial charge in [-0.1, -0.05) is 35.9 Å². The van der Waals surface area contributed by atoms with Gasteiger partial charge in [-0.15, -0.1) is 11.6 Å². The third-order valence-electron chi connectivity index (χ3n) is 6.31. The zero-order chi connectivity index (χ0) is 19.1. The van der Waals surface area contributed by atoms with E-state index in [1.165, 1.54) is 24.0 Å². The van der Waals surface area contributed by atoms with Crippen LogP contribution in [0.4, 0.5) is 0 Å². The van der Waals surface area contributed by atoms with E-state index >= 15 is 0 Å². The molecule has 0 spiro atoms. The zero-order valence-electron chi connectivity index (χ0n) is 16.9. The third kappa shape index (κ3) is 3.72. The lowest BCUT2D eigenvalue weighted by Gasteiger charge is -2.46. The van der Waals surface area contributed by atoms with Crippen molar-refractivity contribution in [3.63, 3.8) is 0 Å².